The molecule has 3 aliphatic heterocycles. The minimum Gasteiger partial charge on any atom is -0.444 e. The second-order valence-corrected chi connectivity index (χ2v) is 10.00. The summed E-state index contributed by atoms with van der Waals surface area (Å²) in [4.78, 5) is 14.2. The van der Waals surface area contributed by atoms with Crippen LogP contribution in [-0.4, -0.2) is 42.6 Å². The highest BCUT2D eigenvalue weighted by molar-refractivity contribution is 5.71. The second kappa shape index (κ2) is 10.1. The zero-order chi connectivity index (χ0) is 27.2. The van der Waals surface area contributed by atoms with E-state index in [9.17, 15) is 31.1 Å². The maximum Gasteiger partial charge on any atom is 0.416 e. The van der Waals surface area contributed by atoms with E-state index in [2.05, 4.69) is 0 Å². The van der Waals surface area contributed by atoms with Crippen LogP contribution in [0.3, 0.4) is 0 Å². The molecule has 0 aromatic heterocycles. The molecule has 2 aromatic carbocycles. The van der Waals surface area contributed by atoms with Gasteiger partial charge in [-0.05, 0) is 55.5 Å². The van der Waals surface area contributed by atoms with Gasteiger partial charge in [-0.2, -0.15) is 26.3 Å². The second-order valence-electron chi connectivity index (χ2n) is 10.00. The standard InChI is InChI=1S/C27H27F6NO4/c1-15(17-12-18(26(28,29)30)14-19(13-17)27(31,32)33)37-24-22(16-6-3-2-4-7-16)20(9-11-36-24)23-21-8-5-10-34(21)25(35)38-23/h2-4,6-7,12-15,20-24H,5,8-11H2,1H3/t15-,20-,21?,22+,23+,24-/m1/s1. The van der Waals surface area contributed by atoms with Crippen molar-refractivity contribution in [3.8, 4) is 0 Å². The van der Waals surface area contributed by atoms with Gasteiger partial charge in [0.2, 0.25) is 0 Å². The number of carbonyl (C=O) groups excluding carboxylic acids is 1. The number of hydrogen-bond donors (Lipinski definition) is 0. The Labute approximate surface area is 215 Å². The molecule has 0 aliphatic carbocycles. The van der Waals surface area contributed by atoms with Crippen molar-refractivity contribution in [2.75, 3.05) is 13.2 Å². The summed E-state index contributed by atoms with van der Waals surface area (Å²) < 4.78 is 98.4. The summed E-state index contributed by atoms with van der Waals surface area (Å²) in [6.07, 6.45) is -10.6. The number of cyclic esters (lactones) is 1. The predicted octanol–water partition coefficient (Wildman–Crippen LogP) is 6.93. The monoisotopic (exact) mass is 543 g/mol. The fraction of sp³-hybridized carbons (Fsp3) is 0.519. The molecule has 0 bridgehead atoms. The Morgan fingerprint density at radius 3 is 2.26 bits per heavy atom. The molecular formula is C27H27F6NO4. The molecule has 5 rings (SSSR count). The number of amides is 1. The number of nitrogens with zero attached hydrogens (tertiary/aromatic N) is 1. The number of benzene rings is 2. The molecule has 2 aromatic rings. The summed E-state index contributed by atoms with van der Waals surface area (Å²) in [5, 5.41) is 0. The Kier molecular flexibility index (Phi) is 7.10. The molecule has 3 aliphatic rings. The smallest absolute Gasteiger partial charge is 0.416 e. The number of carbonyl (C=O) groups is 1. The molecule has 0 N–H and O–H groups in total. The molecule has 1 amide bonds. The van der Waals surface area contributed by atoms with Crippen molar-refractivity contribution in [1.82, 2.24) is 4.90 Å². The van der Waals surface area contributed by atoms with Gasteiger partial charge >= 0.3 is 18.4 Å². The van der Waals surface area contributed by atoms with E-state index in [0.717, 1.165) is 18.4 Å². The van der Waals surface area contributed by atoms with Gasteiger partial charge in [0.15, 0.2) is 6.29 Å². The van der Waals surface area contributed by atoms with Crippen molar-refractivity contribution >= 4 is 6.09 Å². The van der Waals surface area contributed by atoms with E-state index in [4.69, 9.17) is 14.2 Å². The lowest BCUT2D eigenvalue weighted by Gasteiger charge is -2.42. The molecule has 0 saturated carbocycles. The van der Waals surface area contributed by atoms with Gasteiger partial charge in [0.1, 0.15) is 6.10 Å². The van der Waals surface area contributed by atoms with E-state index >= 15 is 0 Å². The van der Waals surface area contributed by atoms with Crippen LogP contribution < -0.4 is 0 Å². The Bertz CT molecular complexity index is 1120. The molecule has 5 nitrogen and oxygen atoms in total. The zero-order valence-corrected chi connectivity index (χ0v) is 20.5. The average molecular weight is 544 g/mol. The quantitative estimate of drug-likeness (QED) is 0.384. The molecule has 3 fully saturated rings. The van der Waals surface area contributed by atoms with Crippen LogP contribution in [0.5, 0.6) is 0 Å². The van der Waals surface area contributed by atoms with Gasteiger partial charge in [0, 0.05) is 18.4 Å². The van der Waals surface area contributed by atoms with E-state index in [1.165, 1.54) is 6.92 Å². The van der Waals surface area contributed by atoms with Crippen molar-refractivity contribution in [1.29, 1.82) is 0 Å². The van der Waals surface area contributed by atoms with Gasteiger partial charge in [-0.3, -0.25) is 0 Å². The third kappa shape index (κ3) is 5.22. The molecule has 3 saturated heterocycles. The Morgan fingerprint density at radius 2 is 1.63 bits per heavy atom. The number of ether oxygens (including phenoxy) is 3. The van der Waals surface area contributed by atoms with Gasteiger partial charge < -0.3 is 19.1 Å². The van der Waals surface area contributed by atoms with Gasteiger partial charge in [-0.1, -0.05) is 30.3 Å². The van der Waals surface area contributed by atoms with E-state index < -0.39 is 47.9 Å². The van der Waals surface area contributed by atoms with Crippen LogP contribution >= 0.6 is 0 Å². The van der Waals surface area contributed by atoms with Crippen LogP contribution in [0.15, 0.2) is 48.5 Å². The highest BCUT2D eigenvalue weighted by atomic mass is 19.4. The lowest BCUT2D eigenvalue weighted by molar-refractivity contribution is -0.216. The Morgan fingerprint density at radius 1 is 0.974 bits per heavy atom. The zero-order valence-electron chi connectivity index (χ0n) is 20.5. The van der Waals surface area contributed by atoms with Crippen LogP contribution in [0, 0.1) is 5.92 Å². The van der Waals surface area contributed by atoms with E-state index in [1.807, 2.05) is 30.3 Å². The summed E-state index contributed by atoms with van der Waals surface area (Å²) in [6.45, 7) is 2.26. The predicted molar refractivity (Wildman–Crippen MR) is 123 cm³/mol. The average Bonchev–Trinajstić information content (AvgIpc) is 3.47. The van der Waals surface area contributed by atoms with Gasteiger partial charge in [-0.15, -0.1) is 0 Å². The largest absolute Gasteiger partial charge is 0.444 e. The van der Waals surface area contributed by atoms with Crippen LogP contribution in [0.4, 0.5) is 31.1 Å². The van der Waals surface area contributed by atoms with Crippen molar-refractivity contribution in [2.45, 2.75) is 69.0 Å². The number of alkyl halides is 6. The lowest BCUT2D eigenvalue weighted by atomic mass is 9.76. The lowest BCUT2D eigenvalue weighted by Crippen LogP contribution is -2.45. The highest BCUT2D eigenvalue weighted by Gasteiger charge is 2.52. The van der Waals surface area contributed by atoms with Crippen LogP contribution in [0.1, 0.15) is 60.5 Å². The molecule has 206 valence electrons. The number of hydrogen-bond acceptors (Lipinski definition) is 4. The molecule has 0 radical (unpaired) electrons. The van der Waals surface area contributed by atoms with E-state index in [1.54, 1.807) is 4.90 Å². The first-order valence-electron chi connectivity index (χ1n) is 12.5. The molecule has 1 unspecified atom stereocenters. The maximum absolute atomic E-state index is 13.4. The first-order valence-corrected chi connectivity index (χ1v) is 12.5. The summed E-state index contributed by atoms with van der Waals surface area (Å²) in [5.41, 5.74) is -2.25. The minimum absolute atomic E-state index is 0.0901. The van der Waals surface area contributed by atoms with Crippen LogP contribution in [0.25, 0.3) is 0 Å². The fourth-order valence-electron chi connectivity index (χ4n) is 5.87. The van der Waals surface area contributed by atoms with Crippen molar-refractivity contribution in [2.24, 2.45) is 5.92 Å². The van der Waals surface area contributed by atoms with Gasteiger partial charge in [-0.25, -0.2) is 4.79 Å². The Hall–Kier alpha value is -2.79. The van der Waals surface area contributed by atoms with Gasteiger partial charge in [0.25, 0.3) is 0 Å². The fourth-order valence-corrected chi connectivity index (χ4v) is 5.87. The SMILES string of the molecule is C[C@@H](O[C@H]1OCC[C@@H]([C@@H]2OC(=O)N3CCCC23)[C@@H]1c1ccccc1)c1cc(C(F)(F)F)cc(C(F)(F)F)c1. The summed E-state index contributed by atoms with van der Waals surface area (Å²) >= 11 is 0. The van der Waals surface area contributed by atoms with Crippen LogP contribution in [0.2, 0.25) is 0 Å². The molecule has 11 heteroatoms. The third-order valence-electron chi connectivity index (χ3n) is 7.66. The highest BCUT2D eigenvalue weighted by Crippen LogP contribution is 2.46. The van der Waals surface area contributed by atoms with Gasteiger partial charge in [0.05, 0.1) is 29.9 Å². The Balaban J connectivity index is 1.46. The van der Waals surface area contributed by atoms with E-state index in [-0.39, 0.29) is 36.3 Å². The first-order chi connectivity index (χ1) is 17.9. The molecular weight excluding hydrogens is 516 g/mol. The normalized spacial score (nSPS) is 28.8. The van der Waals surface area contributed by atoms with Crippen molar-refractivity contribution in [3.63, 3.8) is 0 Å². The van der Waals surface area contributed by atoms with Crippen molar-refractivity contribution in [3.05, 3.63) is 70.8 Å². The molecule has 6 atom stereocenters. The van der Waals surface area contributed by atoms with E-state index in [0.29, 0.717) is 25.1 Å². The van der Waals surface area contributed by atoms with Crippen molar-refractivity contribution < 1.29 is 45.3 Å². The number of halogens is 6. The summed E-state index contributed by atoms with van der Waals surface area (Å²) in [5.74, 6) is -0.675. The number of rotatable bonds is 5. The van der Waals surface area contributed by atoms with Crippen LogP contribution in [-0.2, 0) is 26.6 Å². The first kappa shape index (κ1) is 26.8. The molecule has 0 spiro atoms. The maximum atomic E-state index is 13.4. The molecule has 3 heterocycles. The topological polar surface area (TPSA) is 48.0 Å². The number of fused-ring (bicyclic) bond motifs is 1. The summed E-state index contributed by atoms with van der Waals surface area (Å²) in [6, 6.07) is 10.6. The summed E-state index contributed by atoms with van der Waals surface area (Å²) in [7, 11) is 0. The molecule has 38 heavy (non-hydrogen) atoms. The minimum atomic E-state index is -4.96. The third-order valence-corrected chi connectivity index (χ3v) is 7.66.